The van der Waals surface area contributed by atoms with Gasteiger partial charge in [0.05, 0.1) is 11.0 Å². The van der Waals surface area contributed by atoms with Crippen LogP contribution in [0.2, 0.25) is 0 Å². The van der Waals surface area contributed by atoms with E-state index in [0.717, 1.165) is 11.1 Å². The van der Waals surface area contributed by atoms with E-state index in [9.17, 15) is 18.3 Å². The SMILES string of the molecule is Cc1ccc(S(=O)(=O)OCCOc2ccc(CC(O)C(=O)OC(C)C)cc2)cc1. The lowest BCUT2D eigenvalue weighted by molar-refractivity contribution is -0.157. The van der Waals surface area contributed by atoms with Crippen molar-refractivity contribution >= 4 is 16.1 Å². The number of aliphatic hydroxyl groups is 1. The highest BCUT2D eigenvalue weighted by Crippen LogP contribution is 2.16. The zero-order valence-corrected chi connectivity index (χ0v) is 17.5. The highest BCUT2D eigenvalue weighted by molar-refractivity contribution is 7.86. The molecule has 0 bridgehead atoms. The van der Waals surface area contributed by atoms with Crippen molar-refractivity contribution in [3.63, 3.8) is 0 Å². The van der Waals surface area contributed by atoms with E-state index < -0.39 is 22.2 Å². The molecule has 2 rings (SSSR count). The van der Waals surface area contributed by atoms with Crippen molar-refractivity contribution in [3.8, 4) is 5.75 Å². The zero-order valence-electron chi connectivity index (χ0n) is 16.7. The van der Waals surface area contributed by atoms with Crippen LogP contribution in [-0.4, -0.2) is 44.9 Å². The van der Waals surface area contributed by atoms with Gasteiger partial charge in [0.1, 0.15) is 19.0 Å². The van der Waals surface area contributed by atoms with Gasteiger partial charge in [-0.3, -0.25) is 4.18 Å². The Hall–Kier alpha value is -2.42. The third-order valence-corrected chi connectivity index (χ3v) is 5.20. The summed E-state index contributed by atoms with van der Waals surface area (Å²) < 4.78 is 39.6. The van der Waals surface area contributed by atoms with E-state index >= 15 is 0 Å². The lowest BCUT2D eigenvalue weighted by Gasteiger charge is -2.13. The fourth-order valence-electron chi connectivity index (χ4n) is 2.42. The maximum absolute atomic E-state index is 12.1. The number of benzene rings is 2. The van der Waals surface area contributed by atoms with Crippen molar-refractivity contribution in [1.29, 1.82) is 0 Å². The number of ether oxygens (including phenoxy) is 2. The smallest absolute Gasteiger partial charge is 0.335 e. The molecule has 1 atom stereocenters. The van der Waals surface area contributed by atoms with Crippen LogP contribution >= 0.6 is 0 Å². The molecule has 8 heteroatoms. The van der Waals surface area contributed by atoms with Crippen LogP contribution in [0.1, 0.15) is 25.0 Å². The second-order valence-electron chi connectivity index (χ2n) is 6.79. The molecule has 7 nitrogen and oxygen atoms in total. The van der Waals surface area contributed by atoms with Crippen LogP contribution in [0, 0.1) is 6.92 Å². The number of carbonyl (C=O) groups excluding carboxylic acids is 1. The van der Waals surface area contributed by atoms with Crippen LogP contribution in [0.15, 0.2) is 53.4 Å². The summed E-state index contributed by atoms with van der Waals surface area (Å²) in [4.78, 5) is 11.7. The van der Waals surface area contributed by atoms with Gasteiger partial charge in [-0.1, -0.05) is 29.8 Å². The van der Waals surface area contributed by atoms with Gasteiger partial charge >= 0.3 is 5.97 Å². The Balaban J connectivity index is 1.78. The molecule has 2 aromatic carbocycles. The van der Waals surface area contributed by atoms with E-state index in [1.165, 1.54) is 12.1 Å². The van der Waals surface area contributed by atoms with E-state index in [4.69, 9.17) is 13.7 Å². The number of esters is 1. The van der Waals surface area contributed by atoms with Gasteiger partial charge in [0.15, 0.2) is 6.10 Å². The molecule has 0 saturated carbocycles. The maximum Gasteiger partial charge on any atom is 0.335 e. The normalized spacial score (nSPS) is 12.6. The molecule has 1 N–H and O–H groups in total. The van der Waals surface area contributed by atoms with Gasteiger partial charge in [0, 0.05) is 6.42 Å². The predicted molar refractivity (Wildman–Crippen MR) is 107 cm³/mol. The Labute approximate surface area is 171 Å². The number of carbonyl (C=O) groups is 1. The minimum Gasteiger partial charge on any atom is -0.491 e. The molecule has 0 aromatic heterocycles. The molecule has 0 spiro atoms. The first kappa shape index (κ1) is 22.9. The first-order chi connectivity index (χ1) is 13.7. The third-order valence-electron chi connectivity index (χ3n) is 3.88. The van der Waals surface area contributed by atoms with Crippen molar-refractivity contribution in [2.45, 2.75) is 44.3 Å². The van der Waals surface area contributed by atoms with Crippen LogP contribution in [0.5, 0.6) is 5.75 Å². The van der Waals surface area contributed by atoms with Crippen LogP contribution in [-0.2, 0) is 30.3 Å². The fourth-order valence-corrected chi connectivity index (χ4v) is 3.31. The Morgan fingerprint density at radius 1 is 1.00 bits per heavy atom. The lowest BCUT2D eigenvalue weighted by Crippen LogP contribution is -2.27. The molecule has 2 aromatic rings. The highest BCUT2D eigenvalue weighted by Gasteiger charge is 2.18. The molecule has 0 radical (unpaired) electrons. The Morgan fingerprint density at radius 3 is 2.21 bits per heavy atom. The van der Waals surface area contributed by atoms with Crippen LogP contribution in [0.25, 0.3) is 0 Å². The maximum atomic E-state index is 12.1. The lowest BCUT2D eigenvalue weighted by atomic mass is 10.1. The number of rotatable bonds is 10. The van der Waals surface area contributed by atoms with Crippen LogP contribution in [0.4, 0.5) is 0 Å². The minimum absolute atomic E-state index is 0.0494. The van der Waals surface area contributed by atoms with Gasteiger partial charge in [-0.2, -0.15) is 8.42 Å². The monoisotopic (exact) mass is 422 g/mol. The molecular formula is C21H26O7S. The molecule has 0 fully saturated rings. The van der Waals surface area contributed by atoms with Crippen molar-refractivity contribution in [1.82, 2.24) is 0 Å². The number of aryl methyl sites for hydroxylation is 1. The molecule has 1 unspecified atom stereocenters. The topological polar surface area (TPSA) is 99.1 Å². The molecule has 0 heterocycles. The molecule has 29 heavy (non-hydrogen) atoms. The van der Waals surface area contributed by atoms with Gasteiger partial charge in [-0.25, -0.2) is 4.79 Å². The summed E-state index contributed by atoms with van der Waals surface area (Å²) in [6, 6.07) is 13.2. The molecule has 0 saturated heterocycles. The zero-order chi connectivity index (χ0) is 21.4. The first-order valence-electron chi connectivity index (χ1n) is 9.24. The molecule has 158 valence electrons. The summed E-state index contributed by atoms with van der Waals surface area (Å²) in [5.74, 6) is -0.142. The van der Waals surface area contributed by atoms with E-state index in [2.05, 4.69) is 0 Å². The summed E-state index contributed by atoms with van der Waals surface area (Å²) in [5.41, 5.74) is 1.70. The molecule has 0 aliphatic heterocycles. The van der Waals surface area contributed by atoms with E-state index in [1.54, 1.807) is 50.2 Å². The molecule has 0 amide bonds. The highest BCUT2D eigenvalue weighted by atomic mass is 32.2. The van der Waals surface area contributed by atoms with E-state index in [-0.39, 0.29) is 30.6 Å². The Morgan fingerprint density at radius 2 is 1.62 bits per heavy atom. The van der Waals surface area contributed by atoms with Gasteiger partial charge in [0.2, 0.25) is 0 Å². The van der Waals surface area contributed by atoms with Gasteiger partial charge in [-0.15, -0.1) is 0 Å². The minimum atomic E-state index is -3.82. The quantitative estimate of drug-likeness (QED) is 0.357. The second kappa shape index (κ2) is 10.4. The average molecular weight is 422 g/mol. The van der Waals surface area contributed by atoms with Crippen LogP contribution < -0.4 is 4.74 Å². The molecular weight excluding hydrogens is 396 g/mol. The average Bonchev–Trinajstić information content (AvgIpc) is 2.66. The third kappa shape index (κ3) is 7.49. The summed E-state index contributed by atoms with van der Waals surface area (Å²) in [7, 11) is -3.82. The van der Waals surface area contributed by atoms with E-state index in [0.29, 0.717) is 5.75 Å². The number of aliphatic hydroxyl groups excluding tert-OH is 1. The van der Waals surface area contributed by atoms with Gasteiger partial charge in [-0.05, 0) is 50.6 Å². The van der Waals surface area contributed by atoms with Crippen molar-refractivity contribution in [2.24, 2.45) is 0 Å². The second-order valence-corrected chi connectivity index (χ2v) is 8.40. The number of hydrogen-bond acceptors (Lipinski definition) is 7. The molecule has 0 aliphatic rings. The van der Waals surface area contributed by atoms with Crippen molar-refractivity contribution < 1.29 is 32.0 Å². The Kier molecular flexibility index (Phi) is 8.19. The fraction of sp³-hybridized carbons (Fsp3) is 0.381. The Bertz CT molecular complexity index is 888. The summed E-state index contributed by atoms with van der Waals surface area (Å²) in [5, 5.41) is 9.87. The summed E-state index contributed by atoms with van der Waals surface area (Å²) in [6.07, 6.45) is -1.39. The van der Waals surface area contributed by atoms with Gasteiger partial charge < -0.3 is 14.6 Å². The molecule has 0 aliphatic carbocycles. The predicted octanol–water partition coefficient (Wildman–Crippen LogP) is 2.63. The van der Waals surface area contributed by atoms with Crippen LogP contribution in [0.3, 0.4) is 0 Å². The largest absolute Gasteiger partial charge is 0.491 e. The van der Waals surface area contributed by atoms with E-state index in [1.807, 2.05) is 6.92 Å². The van der Waals surface area contributed by atoms with Crippen molar-refractivity contribution in [3.05, 3.63) is 59.7 Å². The number of hydrogen-bond donors (Lipinski definition) is 1. The first-order valence-corrected chi connectivity index (χ1v) is 10.6. The standard InChI is InChI=1S/C21H26O7S/c1-15(2)28-21(23)20(22)14-17-6-8-18(9-7-17)26-12-13-27-29(24,25)19-10-4-16(3)5-11-19/h4-11,15,20,22H,12-14H2,1-3H3. The van der Waals surface area contributed by atoms with Gasteiger partial charge in [0.25, 0.3) is 10.1 Å². The summed E-state index contributed by atoms with van der Waals surface area (Å²) >= 11 is 0. The van der Waals surface area contributed by atoms with Crippen molar-refractivity contribution in [2.75, 3.05) is 13.2 Å². The summed E-state index contributed by atoms with van der Waals surface area (Å²) in [6.45, 7) is 5.22.